The van der Waals surface area contributed by atoms with Crippen molar-refractivity contribution in [3.63, 3.8) is 0 Å². The number of piperidine rings is 1. The van der Waals surface area contributed by atoms with Gasteiger partial charge in [0, 0.05) is 31.2 Å². The fourth-order valence-electron chi connectivity index (χ4n) is 4.94. The van der Waals surface area contributed by atoms with Crippen molar-refractivity contribution in [1.29, 1.82) is 0 Å². The van der Waals surface area contributed by atoms with Gasteiger partial charge in [-0.1, -0.05) is 37.3 Å². The molecule has 2 saturated heterocycles. The first-order valence-corrected chi connectivity index (χ1v) is 12.3. The number of imide groups is 1. The van der Waals surface area contributed by atoms with Crippen LogP contribution in [0.2, 0.25) is 0 Å². The molecule has 2 aliphatic rings. The fourth-order valence-corrected chi connectivity index (χ4v) is 4.94. The monoisotopic (exact) mass is 494 g/mol. The Morgan fingerprint density at radius 1 is 1.06 bits per heavy atom. The molecule has 1 atom stereocenters. The summed E-state index contributed by atoms with van der Waals surface area (Å²) in [5.74, 6) is -1.33. The van der Waals surface area contributed by atoms with E-state index in [1.165, 1.54) is 24.3 Å². The Labute approximate surface area is 210 Å². The van der Waals surface area contributed by atoms with Crippen LogP contribution in [0.3, 0.4) is 0 Å². The summed E-state index contributed by atoms with van der Waals surface area (Å²) < 4.78 is 13.4. The number of halogens is 1. The van der Waals surface area contributed by atoms with Gasteiger partial charge in [-0.15, -0.1) is 0 Å². The molecule has 0 spiro atoms. The number of likely N-dealkylation sites (tertiary alicyclic amines) is 1. The van der Waals surface area contributed by atoms with Gasteiger partial charge in [-0.05, 0) is 56.0 Å². The van der Waals surface area contributed by atoms with Crippen LogP contribution < -0.4 is 5.32 Å². The predicted octanol–water partition coefficient (Wildman–Crippen LogP) is 3.14. The molecule has 2 aliphatic heterocycles. The number of hydrogen-bond donors (Lipinski definition) is 1. The van der Waals surface area contributed by atoms with Gasteiger partial charge in [-0.25, -0.2) is 9.18 Å². The lowest BCUT2D eigenvalue weighted by atomic mass is 9.92. The average Bonchev–Trinajstić information content (AvgIpc) is 3.11. The number of urea groups is 1. The van der Waals surface area contributed by atoms with Crippen LogP contribution in [0.4, 0.5) is 9.18 Å². The lowest BCUT2D eigenvalue weighted by Crippen LogP contribution is -2.52. The third kappa shape index (κ3) is 4.96. The van der Waals surface area contributed by atoms with E-state index >= 15 is 0 Å². The molecule has 0 aromatic heterocycles. The molecule has 1 N–H and O–H groups in total. The van der Waals surface area contributed by atoms with Crippen LogP contribution in [0, 0.1) is 5.82 Å². The minimum Gasteiger partial charge on any atom is -0.338 e. The van der Waals surface area contributed by atoms with Crippen LogP contribution in [0.25, 0.3) is 0 Å². The first-order chi connectivity index (χ1) is 17.2. The van der Waals surface area contributed by atoms with E-state index in [1.54, 1.807) is 28.9 Å². The van der Waals surface area contributed by atoms with E-state index in [1.807, 2.05) is 25.1 Å². The molecule has 2 fully saturated rings. The van der Waals surface area contributed by atoms with E-state index < -0.39 is 23.3 Å². The van der Waals surface area contributed by atoms with Crippen LogP contribution in [0.15, 0.2) is 54.6 Å². The minimum atomic E-state index is -1.37. The summed E-state index contributed by atoms with van der Waals surface area (Å²) >= 11 is 0. The summed E-state index contributed by atoms with van der Waals surface area (Å²) in [7, 11) is 0. The molecule has 36 heavy (non-hydrogen) atoms. The van der Waals surface area contributed by atoms with Gasteiger partial charge < -0.3 is 15.1 Å². The maximum Gasteiger partial charge on any atom is 0.325 e. The summed E-state index contributed by atoms with van der Waals surface area (Å²) in [5.41, 5.74) is -0.290. The Balaban J connectivity index is 1.41. The lowest BCUT2D eigenvalue weighted by molar-refractivity contribution is -0.140. The summed E-state index contributed by atoms with van der Waals surface area (Å²) in [6, 6.07) is 13.7. The van der Waals surface area contributed by atoms with Crippen LogP contribution in [0.1, 0.15) is 49.0 Å². The number of nitrogens with zero attached hydrogens (tertiary/aromatic N) is 3. The van der Waals surface area contributed by atoms with E-state index in [2.05, 4.69) is 5.32 Å². The minimum absolute atomic E-state index is 0.0261. The Kier molecular flexibility index (Phi) is 7.37. The zero-order chi connectivity index (χ0) is 25.9. The van der Waals surface area contributed by atoms with Crippen LogP contribution in [0.5, 0.6) is 0 Å². The number of rotatable bonds is 7. The fraction of sp³-hybridized carbons (Fsp3) is 0.407. The molecule has 9 heteroatoms. The van der Waals surface area contributed by atoms with Crippen molar-refractivity contribution in [2.45, 2.75) is 44.7 Å². The molecule has 190 valence electrons. The van der Waals surface area contributed by atoms with Crippen LogP contribution in [-0.2, 0) is 15.1 Å². The van der Waals surface area contributed by atoms with E-state index in [-0.39, 0.29) is 24.4 Å². The topological polar surface area (TPSA) is 90.0 Å². The van der Waals surface area contributed by atoms with Gasteiger partial charge in [0.15, 0.2) is 0 Å². The van der Waals surface area contributed by atoms with Crippen molar-refractivity contribution in [2.24, 2.45) is 0 Å². The molecule has 0 radical (unpaired) electrons. The zero-order valence-electron chi connectivity index (χ0n) is 20.6. The number of hydrogen-bond acceptors (Lipinski definition) is 4. The highest BCUT2D eigenvalue weighted by Crippen LogP contribution is 2.29. The van der Waals surface area contributed by atoms with Gasteiger partial charge >= 0.3 is 6.03 Å². The second kappa shape index (κ2) is 10.5. The summed E-state index contributed by atoms with van der Waals surface area (Å²) in [4.78, 5) is 56.5. The highest BCUT2D eigenvalue weighted by atomic mass is 19.1. The maximum absolute atomic E-state index is 13.4. The molecule has 8 nitrogen and oxygen atoms in total. The zero-order valence-corrected chi connectivity index (χ0v) is 20.6. The van der Waals surface area contributed by atoms with Crippen molar-refractivity contribution in [2.75, 3.05) is 26.2 Å². The summed E-state index contributed by atoms with van der Waals surface area (Å²) in [6.07, 6.45) is 1.97. The average molecular weight is 495 g/mol. The van der Waals surface area contributed by atoms with Gasteiger partial charge in [-0.2, -0.15) is 0 Å². The van der Waals surface area contributed by atoms with E-state index in [0.29, 0.717) is 43.6 Å². The molecule has 2 aromatic rings. The molecule has 2 aromatic carbocycles. The van der Waals surface area contributed by atoms with Crippen molar-refractivity contribution in [3.8, 4) is 0 Å². The molecule has 0 bridgehead atoms. The molecule has 0 aliphatic carbocycles. The van der Waals surface area contributed by atoms with Gasteiger partial charge in [0.25, 0.3) is 11.8 Å². The Morgan fingerprint density at radius 3 is 2.31 bits per heavy atom. The molecule has 1 unspecified atom stereocenters. The molecule has 2 heterocycles. The number of amides is 5. The van der Waals surface area contributed by atoms with Crippen LogP contribution in [-0.4, -0.2) is 70.7 Å². The Hall–Kier alpha value is -3.75. The number of nitrogens with one attached hydrogen (secondary N) is 1. The van der Waals surface area contributed by atoms with Crippen LogP contribution >= 0.6 is 0 Å². The first-order valence-electron chi connectivity index (χ1n) is 12.3. The summed E-state index contributed by atoms with van der Waals surface area (Å²) in [5, 5.41) is 2.66. The largest absolute Gasteiger partial charge is 0.338 e. The Bertz CT molecular complexity index is 1130. The van der Waals surface area contributed by atoms with Gasteiger partial charge in [-0.3, -0.25) is 19.3 Å². The van der Waals surface area contributed by atoms with Crippen molar-refractivity contribution in [3.05, 3.63) is 71.5 Å². The molecular weight excluding hydrogens is 463 g/mol. The Morgan fingerprint density at radius 2 is 1.69 bits per heavy atom. The van der Waals surface area contributed by atoms with Gasteiger partial charge in [0.2, 0.25) is 5.91 Å². The van der Waals surface area contributed by atoms with E-state index in [4.69, 9.17) is 0 Å². The normalized spacial score (nSPS) is 20.4. The lowest BCUT2D eigenvalue weighted by Gasteiger charge is -2.39. The van der Waals surface area contributed by atoms with E-state index in [9.17, 15) is 23.6 Å². The number of carbonyl (C=O) groups is 4. The highest BCUT2D eigenvalue weighted by Gasteiger charge is 2.50. The molecule has 4 rings (SSSR count). The van der Waals surface area contributed by atoms with E-state index in [0.717, 1.165) is 11.3 Å². The second-order valence-electron chi connectivity index (χ2n) is 9.43. The number of benzene rings is 2. The first kappa shape index (κ1) is 25.3. The van der Waals surface area contributed by atoms with Gasteiger partial charge in [0.05, 0.1) is 0 Å². The second-order valence-corrected chi connectivity index (χ2v) is 9.43. The molecular formula is C27H31FN4O4. The number of carbonyl (C=O) groups excluding carboxylic acids is 4. The van der Waals surface area contributed by atoms with Crippen molar-refractivity contribution in [1.82, 2.24) is 20.0 Å². The van der Waals surface area contributed by atoms with Gasteiger partial charge in [0.1, 0.15) is 17.9 Å². The standard InChI is InChI=1S/C27H31FN4O4/c1-3-15-31(22-13-16-30(17-14-22)24(34)19-7-5-4-6-8-19)23(33)18-32-25(35)27(2,29-26(32)36)20-9-11-21(28)12-10-20/h4-12,22H,3,13-18H2,1-2H3,(H,29,36). The third-order valence-electron chi connectivity index (χ3n) is 6.99. The molecule has 0 saturated carbocycles. The predicted molar refractivity (Wildman–Crippen MR) is 131 cm³/mol. The smallest absolute Gasteiger partial charge is 0.325 e. The van der Waals surface area contributed by atoms with Crippen molar-refractivity contribution >= 4 is 23.8 Å². The third-order valence-corrected chi connectivity index (χ3v) is 6.99. The maximum atomic E-state index is 13.4. The highest BCUT2D eigenvalue weighted by molar-refractivity contribution is 6.09. The SMILES string of the molecule is CCCN(C(=O)CN1C(=O)NC(C)(c2ccc(F)cc2)C1=O)C1CCN(C(=O)c2ccccc2)CC1. The molecule has 5 amide bonds. The quantitative estimate of drug-likeness (QED) is 0.599. The summed E-state index contributed by atoms with van der Waals surface area (Å²) in [6.45, 7) is 4.69. The van der Waals surface area contributed by atoms with Crippen molar-refractivity contribution < 1.29 is 23.6 Å².